The molecule has 1 heterocycles. The van der Waals surface area contributed by atoms with Crippen molar-refractivity contribution in [1.82, 2.24) is 4.90 Å². The Morgan fingerprint density at radius 2 is 2.20 bits per heavy atom. The van der Waals surface area contributed by atoms with Gasteiger partial charge >= 0.3 is 0 Å². The molecule has 0 spiro atoms. The molecule has 0 aromatic heterocycles. The molecule has 1 aliphatic rings. The van der Waals surface area contributed by atoms with E-state index in [1.165, 1.54) is 0 Å². The Labute approximate surface area is 89.5 Å². The predicted molar refractivity (Wildman–Crippen MR) is 56.5 cm³/mol. The van der Waals surface area contributed by atoms with E-state index in [9.17, 15) is 5.11 Å². The quantitative estimate of drug-likeness (QED) is 0.417. The van der Waals surface area contributed by atoms with Gasteiger partial charge in [-0.2, -0.15) is 0 Å². The molecule has 86 valence electrons. The minimum Gasteiger partial charge on any atom is -0.388 e. The molecule has 0 unspecified atom stereocenters. The van der Waals surface area contributed by atoms with Crippen LogP contribution in [0.5, 0.6) is 0 Å². The maximum atomic E-state index is 10.2. The first-order valence-electron chi connectivity index (χ1n) is 5.16. The highest BCUT2D eigenvalue weighted by Crippen LogP contribution is 2.20. The second-order valence-corrected chi connectivity index (χ2v) is 4.03. The third-order valence-corrected chi connectivity index (χ3v) is 2.63. The Balaban J connectivity index is 2.28. The molecule has 0 radical (unpaired) electrons. The molecule has 0 aromatic carbocycles. The van der Waals surface area contributed by atoms with E-state index in [1.54, 1.807) is 0 Å². The van der Waals surface area contributed by atoms with E-state index in [-0.39, 0.29) is 0 Å². The number of aliphatic hydroxyl groups is 1. The average molecular weight is 214 g/mol. The zero-order chi connectivity index (χ0) is 11.1. The molecule has 1 N–H and O–H groups in total. The molecule has 1 fully saturated rings. The molecule has 0 bridgehead atoms. The lowest BCUT2D eigenvalue weighted by atomic mass is 9.94. The molecular weight excluding hydrogens is 196 g/mol. The van der Waals surface area contributed by atoms with Gasteiger partial charge < -0.3 is 14.7 Å². The summed E-state index contributed by atoms with van der Waals surface area (Å²) in [4.78, 5) is 4.67. The van der Waals surface area contributed by atoms with Gasteiger partial charge in [0.1, 0.15) is 0 Å². The fourth-order valence-electron chi connectivity index (χ4n) is 1.75. The third kappa shape index (κ3) is 4.48. The summed E-state index contributed by atoms with van der Waals surface area (Å²) in [7, 11) is 1.92. The van der Waals surface area contributed by atoms with E-state index < -0.39 is 5.60 Å². The van der Waals surface area contributed by atoms with Crippen molar-refractivity contribution < 1.29 is 9.84 Å². The van der Waals surface area contributed by atoms with Gasteiger partial charge in [-0.1, -0.05) is 5.11 Å². The summed E-state index contributed by atoms with van der Waals surface area (Å²) in [6.07, 6.45) is 1.36. The number of likely N-dealkylation sites (N-methyl/N-ethyl adjacent to an activating group) is 1. The Hall–Kier alpha value is -0.810. The Kier molecular flexibility index (Phi) is 4.84. The van der Waals surface area contributed by atoms with Crippen LogP contribution >= 0.6 is 0 Å². The Morgan fingerprint density at radius 3 is 2.80 bits per heavy atom. The van der Waals surface area contributed by atoms with Crippen molar-refractivity contribution in [2.45, 2.75) is 18.4 Å². The molecule has 1 aliphatic heterocycles. The first-order chi connectivity index (χ1) is 7.16. The molecule has 0 aromatic rings. The van der Waals surface area contributed by atoms with Crippen LogP contribution in [-0.2, 0) is 4.74 Å². The van der Waals surface area contributed by atoms with Gasteiger partial charge in [-0.15, -0.1) is 0 Å². The fraction of sp³-hybridized carbons (Fsp3) is 1.00. The van der Waals surface area contributed by atoms with Gasteiger partial charge in [-0.25, -0.2) is 0 Å². The smallest absolute Gasteiger partial charge is 0.0817 e. The number of hydrogen-bond donors (Lipinski definition) is 1. The lowest BCUT2D eigenvalue weighted by Crippen LogP contribution is -2.46. The second kappa shape index (κ2) is 5.92. The molecular formula is C9H18N4O2. The van der Waals surface area contributed by atoms with Crippen LogP contribution in [0.3, 0.4) is 0 Å². The number of rotatable bonds is 5. The van der Waals surface area contributed by atoms with Crippen LogP contribution in [0.2, 0.25) is 0 Å². The van der Waals surface area contributed by atoms with Crippen molar-refractivity contribution in [3.8, 4) is 0 Å². The van der Waals surface area contributed by atoms with Crippen LogP contribution in [0, 0.1) is 0 Å². The molecule has 0 atom stereocenters. The third-order valence-electron chi connectivity index (χ3n) is 2.63. The highest BCUT2D eigenvalue weighted by Gasteiger charge is 2.30. The number of nitrogens with zero attached hydrogens (tertiary/aromatic N) is 4. The van der Waals surface area contributed by atoms with Gasteiger partial charge in [-0.05, 0) is 12.6 Å². The first-order valence-corrected chi connectivity index (χ1v) is 5.16. The Morgan fingerprint density at radius 1 is 1.53 bits per heavy atom. The van der Waals surface area contributed by atoms with Crippen LogP contribution in [0.4, 0.5) is 0 Å². The van der Waals surface area contributed by atoms with Gasteiger partial charge in [0.05, 0.1) is 5.60 Å². The molecule has 6 nitrogen and oxygen atoms in total. The molecule has 1 saturated heterocycles. The van der Waals surface area contributed by atoms with Gasteiger partial charge in [0.2, 0.25) is 0 Å². The largest absolute Gasteiger partial charge is 0.388 e. The molecule has 0 amide bonds. The second-order valence-electron chi connectivity index (χ2n) is 4.03. The van der Waals surface area contributed by atoms with E-state index in [4.69, 9.17) is 10.3 Å². The zero-order valence-electron chi connectivity index (χ0n) is 9.09. The topological polar surface area (TPSA) is 81.5 Å². The van der Waals surface area contributed by atoms with Crippen molar-refractivity contribution in [1.29, 1.82) is 0 Å². The molecule has 6 heteroatoms. The van der Waals surface area contributed by atoms with Crippen molar-refractivity contribution in [3.63, 3.8) is 0 Å². The van der Waals surface area contributed by atoms with E-state index in [0.29, 0.717) is 45.7 Å². The highest BCUT2D eigenvalue weighted by molar-refractivity contribution is 4.84. The maximum absolute atomic E-state index is 10.2. The number of azide groups is 1. The first kappa shape index (κ1) is 12.3. The molecule has 1 rings (SSSR count). The molecule has 0 aliphatic carbocycles. The zero-order valence-corrected chi connectivity index (χ0v) is 9.09. The van der Waals surface area contributed by atoms with E-state index in [1.807, 2.05) is 11.9 Å². The van der Waals surface area contributed by atoms with Crippen LogP contribution in [0.1, 0.15) is 12.8 Å². The van der Waals surface area contributed by atoms with E-state index >= 15 is 0 Å². The summed E-state index contributed by atoms with van der Waals surface area (Å²) in [5.41, 5.74) is 7.49. The van der Waals surface area contributed by atoms with Gasteiger partial charge in [0.15, 0.2) is 0 Å². The summed E-state index contributed by atoms with van der Waals surface area (Å²) in [6.45, 7) is 2.98. The Bertz CT molecular complexity index is 234. The minimum absolute atomic E-state index is 0.444. The van der Waals surface area contributed by atoms with E-state index in [0.717, 1.165) is 0 Å². The standard InChI is InChI=1S/C9H18N4O2/c1-13(5-4-11-12-10)8-9(14)2-6-15-7-3-9/h14H,2-8H2,1H3. The van der Waals surface area contributed by atoms with Gasteiger partial charge in [-0.3, -0.25) is 0 Å². The average Bonchev–Trinajstić information content (AvgIpc) is 2.18. The summed E-state index contributed by atoms with van der Waals surface area (Å²) in [6, 6.07) is 0. The summed E-state index contributed by atoms with van der Waals surface area (Å²) >= 11 is 0. The van der Waals surface area contributed by atoms with Gasteiger partial charge in [0.25, 0.3) is 0 Å². The summed E-state index contributed by atoms with van der Waals surface area (Å²) < 4.78 is 5.20. The lowest BCUT2D eigenvalue weighted by Gasteiger charge is -2.35. The summed E-state index contributed by atoms with van der Waals surface area (Å²) in [5, 5.41) is 13.6. The van der Waals surface area contributed by atoms with Crippen LogP contribution in [-0.4, -0.2) is 55.5 Å². The minimum atomic E-state index is -0.636. The lowest BCUT2D eigenvalue weighted by molar-refractivity contribution is -0.0764. The van der Waals surface area contributed by atoms with Gasteiger partial charge in [0, 0.05) is 50.6 Å². The SMILES string of the molecule is CN(CCN=[N+]=[N-])CC1(O)CCOCC1. The molecule has 0 saturated carbocycles. The predicted octanol–water partition coefficient (Wildman–Crippen LogP) is 0.770. The normalized spacial score (nSPS) is 19.9. The van der Waals surface area contributed by atoms with E-state index in [2.05, 4.69) is 10.0 Å². The van der Waals surface area contributed by atoms with Crippen molar-refractivity contribution in [3.05, 3.63) is 10.4 Å². The van der Waals surface area contributed by atoms with Crippen LogP contribution in [0.15, 0.2) is 5.11 Å². The fourth-order valence-corrected chi connectivity index (χ4v) is 1.75. The van der Waals surface area contributed by atoms with Crippen molar-refractivity contribution in [2.24, 2.45) is 5.11 Å². The molecule has 15 heavy (non-hydrogen) atoms. The van der Waals surface area contributed by atoms with Crippen molar-refractivity contribution in [2.75, 3.05) is 39.9 Å². The number of ether oxygens (including phenoxy) is 1. The highest BCUT2D eigenvalue weighted by atomic mass is 16.5. The summed E-state index contributed by atoms with van der Waals surface area (Å²) in [5.74, 6) is 0. The van der Waals surface area contributed by atoms with Crippen molar-refractivity contribution >= 4 is 0 Å². The van der Waals surface area contributed by atoms with Crippen LogP contribution in [0.25, 0.3) is 10.4 Å². The van der Waals surface area contributed by atoms with Crippen LogP contribution < -0.4 is 0 Å². The monoisotopic (exact) mass is 214 g/mol. The maximum Gasteiger partial charge on any atom is 0.0817 e. The number of hydrogen-bond acceptors (Lipinski definition) is 4.